The quantitative estimate of drug-likeness (QED) is 0.341. The van der Waals surface area contributed by atoms with Gasteiger partial charge in [-0.3, -0.25) is 9.89 Å². The summed E-state index contributed by atoms with van der Waals surface area (Å²) in [5.41, 5.74) is 1.26. The maximum atomic E-state index is 5.60. The van der Waals surface area contributed by atoms with Crippen molar-refractivity contribution >= 4 is 5.96 Å². The maximum Gasteiger partial charge on any atom is 0.191 e. The predicted octanol–water partition coefficient (Wildman–Crippen LogP) is 2.05. The lowest BCUT2D eigenvalue weighted by molar-refractivity contribution is 0.0170. The topological polar surface area (TPSA) is 67.3 Å². The Kier molecular flexibility index (Phi) is 10.7. The van der Waals surface area contributed by atoms with Crippen molar-refractivity contribution < 1.29 is 14.2 Å². The van der Waals surface area contributed by atoms with E-state index in [2.05, 4.69) is 39.6 Å². The summed E-state index contributed by atoms with van der Waals surface area (Å²) in [4.78, 5) is 6.79. The standard InChI is InChI=1S/C21H36N4O3/c1-4-5-13-27-14-10-23-21(22-2)24-17-20(25-11-15-28-16-12-25)18-6-8-19(26-3)9-7-18/h6-9,20H,4-5,10-17H2,1-3H3,(H2,22,23,24). The van der Waals surface area contributed by atoms with Crippen LogP contribution in [0.3, 0.4) is 0 Å². The number of unbranched alkanes of at least 4 members (excludes halogenated alkanes) is 1. The molecule has 1 saturated heterocycles. The zero-order chi connectivity index (χ0) is 20.0. The zero-order valence-corrected chi connectivity index (χ0v) is 17.6. The summed E-state index contributed by atoms with van der Waals surface area (Å²) in [6.07, 6.45) is 2.26. The molecule has 7 nitrogen and oxygen atoms in total. The molecule has 0 aliphatic carbocycles. The Morgan fingerprint density at radius 3 is 2.57 bits per heavy atom. The van der Waals surface area contributed by atoms with Crippen LogP contribution in [0.4, 0.5) is 0 Å². The van der Waals surface area contributed by atoms with Crippen LogP contribution in [0.15, 0.2) is 29.3 Å². The van der Waals surface area contributed by atoms with E-state index in [1.165, 1.54) is 5.56 Å². The first-order valence-corrected chi connectivity index (χ1v) is 10.3. The van der Waals surface area contributed by atoms with E-state index >= 15 is 0 Å². The van der Waals surface area contributed by atoms with Gasteiger partial charge in [0.25, 0.3) is 0 Å². The number of morpholine rings is 1. The Hall–Kier alpha value is -1.83. The molecule has 1 aromatic carbocycles. The van der Waals surface area contributed by atoms with Crippen LogP contribution in [0.2, 0.25) is 0 Å². The monoisotopic (exact) mass is 392 g/mol. The molecule has 1 aliphatic rings. The van der Waals surface area contributed by atoms with Crippen LogP contribution in [0.1, 0.15) is 31.4 Å². The summed E-state index contributed by atoms with van der Waals surface area (Å²) < 4.78 is 16.4. The number of nitrogens with one attached hydrogen (secondary N) is 2. The molecule has 1 aliphatic heterocycles. The molecular weight excluding hydrogens is 356 g/mol. The van der Waals surface area contributed by atoms with E-state index in [4.69, 9.17) is 14.2 Å². The van der Waals surface area contributed by atoms with Crippen LogP contribution in [-0.4, -0.2) is 77.6 Å². The van der Waals surface area contributed by atoms with Crippen molar-refractivity contribution in [3.8, 4) is 5.75 Å². The second-order valence-electron chi connectivity index (χ2n) is 6.78. The molecule has 0 bridgehead atoms. The van der Waals surface area contributed by atoms with Crippen LogP contribution in [0.5, 0.6) is 5.75 Å². The SMILES string of the molecule is CCCCOCCNC(=NC)NCC(c1ccc(OC)cc1)N1CCOCC1. The van der Waals surface area contributed by atoms with Crippen LogP contribution < -0.4 is 15.4 Å². The minimum absolute atomic E-state index is 0.245. The highest BCUT2D eigenvalue weighted by Gasteiger charge is 2.23. The fourth-order valence-electron chi connectivity index (χ4n) is 3.18. The molecule has 1 aromatic rings. The van der Waals surface area contributed by atoms with Gasteiger partial charge >= 0.3 is 0 Å². The smallest absolute Gasteiger partial charge is 0.191 e. The normalized spacial score (nSPS) is 16.6. The molecule has 1 atom stereocenters. The van der Waals surface area contributed by atoms with E-state index in [0.29, 0.717) is 6.61 Å². The maximum absolute atomic E-state index is 5.60. The minimum Gasteiger partial charge on any atom is -0.497 e. The molecule has 0 amide bonds. The van der Waals surface area contributed by atoms with Gasteiger partial charge in [-0.1, -0.05) is 25.5 Å². The van der Waals surface area contributed by atoms with Crippen LogP contribution in [0, 0.1) is 0 Å². The van der Waals surface area contributed by atoms with E-state index in [0.717, 1.165) is 70.6 Å². The molecule has 0 aromatic heterocycles. The fourth-order valence-corrected chi connectivity index (χ4v) is 3.18. The summed E-state index contributed by atoms with van der Waals surface area (Å²) in [5, 5.41) is 6.79. The number of hydrogen-bond acceptors (Lipinski definition) is 5. The number of guanidine groups is 1. The lowest BCUT2D eigenvalue weighted by atomic mass is 10.0. The van der Waals surface area contributed by atoms with Crippen LogP contribution >= 0.6 is 0 Å². The van der Waals surface area contributed by atoms with Gasteiger partial charge in [-0.2, -0.15) is 0 Å². The highest BCUT2D eigenvalue weighted by atomic mass is 16.5. The average molecular weight is 393 g/mol. The Balaban J connectivity index is 1.89. The Morgan fingerprint density at radius 1 is 1.18 bits per heavy atom. The van der Waals surface area contributed by atoms with Gasteiger partial charge < -0.3 is 24.8 Å². The zero-order valence-electron chi connectivity index (χ0n) is 17.6. The van der Waals surface area contributed by atoms with E-state index < -0.39 is 0 Å². The molecule has 0 spiro atoms. The third-order valence-corrected chi connectivity index (χ3v) is 4.85. The first kappa shape index (κ1) is 22.5. The van der Waals surface area contributed by atoms with E-state index in [1.807, 2.05) is 12.1 Å². The molecule has 2 N–H and O–H groups in total. The number of methoxy groups -OCH3 is 1. The van der Waals surface area contributed by atoms with Gasteiger partial charge in [0.1, 0.15) is 5.75 Å². The van der Waals surface area contributed by atoms with Crippen LogP contribution in [0.25, 0.3) is 0 Å². The highest BCUT2D eigenvalue weighted by Crippen LogP contribution is 2.23. The average Bonchev–Trinajstić information content (AvgIpc) is 2.76. The van der Waals surface area contributed by atoms with Crippen molar-refractivity contribution in [3.63, 3.8) is 0 Å². The number of rotatable bonds is 11. The largest absolute Gasteiger partial charge is 0.497 e. The Bertz CT molecular complexity index is 559. The molecular formula is C21H36N4O3. The summed E-state index contributed by atoms with van der Waals surface area (Å²) in [6, 6.07) is 8.55. The minimum atomic E-state index is 0.245. The van der Waals surface area contributed by atoms with Crippen molar-refractivity contribution in [2.75, 3.05) is 66.8 Å². The van der Waals surface area contributed by atoms with E-state index in [9.17, 15) is 0 Å². The molecule has 1 fully saturated rings. The lowest BCUT2D eigenvalue weighted by Gasteiger charge is -2.35. The molecule has 2 rings (SSSR count). The van der Waals surface area contributed by atoms with Gasteiger partial charge in [0.2, 0.25) is 0 Å². The first-order chi connectivity index (χ1) is 13.8. The van der Waals surface area contributed by atoms with Gasteiger partial charge in [-0.25, -0.2) is 0 Å². The molecule has 28 heavy (non-hydrogen) atoms. The fraction of sp³-hybridized carbons (Fsp3) is 0.667. The summed E-state index contributed by atoms with van der Waals surface area (Å²) in [6.45, 7) is 8.58. The van der Waals surface area contributed by atoms with E-state index in [-0.39, 0.29) is 6.04 Å². The molecule has 0 saturated carbocycles. The Labute approximate surface area is 169 Å². The molecule has 1 unspecified atom stereocenters. The summed E-state index contributed by atoms with van der Waals surface area (Å²) >= 11 is 0. The number of benzene rings is 1. The second kappa shape index (κ2) is 13.4. The third-order valence-electron chi connectivity index (χ3n) is 4.85. The Morgan fingerprint density at radius 2 is 1.93 bits per heavy atom. The van der Waals surface area contributed by atoms with Crippen molar-refractivity contribution in [1.29, 1.82) is 0 Å². The molecule has 7 heteroatoms. The van der Waals surface area contributed by atoms with Gasteiger partial charge in [0.15, 0.2) is 5.96 Å². The second-order valence-corrected chi connectivity index (χ2v) is 6.78. The molecule has 158 valence electrons. The summed E-state index contributed by atoms with van der Waals surface area (Å²) in [7, 11) is 3.49. The number of hydrogen-bond donors (Lipinski definition) is 2. The summed E-state index contributed by atoms with van der Waals surface area (Å²) in [5.74, 6) is 1.67. The predicted molar refractivity (Wildman–Crippen MR) is 113 cm³/mol. The lowest BCUT2D eigenvalue weighted by Crippen LogP contribution is -2.46. The first-order valence-electron chi connectivity index (χ1n) is 10.3. The molecule has 0 radical (unpaired) electrons. The van der Waals surface area contributed by atoms with Gasteiger partial charge in [0.05, 0.1) is 33.0 Å². The van der Waals surface area contributed by atoms with Crippen molar-refractivity contribution in [2.24, 2.45) is 4.99 Å². The van der Waals surface area contributed by atoms with Gasteiger partial charge in [-0.15, -0.1) is 0 Å². The highest BCUT2D eigenvalue weighted by molar-refractivity contribution is 5.79. The van der Waals surface area contributed by atoms with Crippen molar-refractivity contribution in [1.82, 2.24) is 15.5 Å². The number of aliphatic imine (C=N–C) groups is 1. The number of nitrogens with zero attached hydrogens (tertiary/aromatic N) is 2. The van der Waals surface area contributed by atoms with Gasteiger partial charge in [-0.05, 0) is 24.1 Å². The number of ether oxygens (including phenoxy) is 3. The third kappa shape index (κ3) is 7.66. The van der Waals surface area contributed by atoms with Crippen molar-refractivity contribution in [2.45, 2.75) is 25.8 Å². The van der Waals surface area contributed by atoms with Gasteiger partial charge in [0, 0.05) is 39.8 Å². The van der Waals surface area contributed by atoms with Crippen LogP contribution in [-0.2, 0) is 9.47 Å². The van der Waals surface area contributed by atoms with Crippen molar-refractivity contribution in [3.05, 3.63) is 29.8 Å². The van der Waals surface area contributed by atoms with E-state index in [1.54, 1.807) is 14.2 Å². The molecule has 1 heterocycles.